The number of imidazole rings is 1. The molecule has 1 aromatic heterocycles. The normalized spacial score (nSPS) is 10.5. The number of aliphatic hydroxyl groups is 1. The SMILES string of the molecule is OCCOc1nc2ccccc2[nH]1. The van der Waals surface area contributed by atoms with Crippen LogP contribution in [0.25, 0.3) is 11.0 Å². The number of aliphatic hydroxyl groups excluding tert-OH is 1. The smallest absolute Gasteiger partial charge is 0.294 e. The second-order valence-corrected chi connectivity index (χ2v) is 2.63. The van der Waals surface area contributed by atoms with Gasteiger partial charge in [0.15, 0.2) is 0 Å². The summed E-state index contributed by atoms with van der Waals surface area (Å²) in [6.07, 6.45) is 0. The fourth-order valence-electron chi connectivity index (χ4n) is 1.14. The molecule has 0 amide bonds. The quantitative estimate of drug-likeness (QED) is 0.735. The molecule has 0 fully saturated rings. The maximum Gasteiger partial charge on any atom is 0.294 e. The summed E-state index contributed by atoms with van der Waals surface area (Å²) in [4.78, 5) is 7.15. The lowest BCUT2D eigenvalue weighted by atomic mass is 10.3. The molecule has 0 bridgehead atoms. The number of nitrogens with one attached hydrogen (secondary N) is 1. The van der Waals surface area contributed by atoms with Crippen LogP contribution in [0.15, 0.2) is 24.3 Å². The number of para-hydroxylation sites is 2. The molecule has 0 aliphatic carbocycles. The highest BCUT2D eigenvalue weighted by Gasteiger charge is 2.00. The Bertz CT molecular complexity index is 364. The van der Waals surface area contributed by atoms with Gasteiger partial charge in [0.2, 0.25) is 0 Å². The molecule has 1 heterocycles. The highest BCUT2D eigenvalue weighted by molar-refractivity contribution is 5.75. The van der Waals surface area contributed by atoms with E-state index in [2.05, 4.69) is 9.97 Å². The van der Waals surface area contributed by atoms with E-state index >= 15 is 0 Å². The number of aromatic nitrogens is 2. The van der Waals surface area contributed by atoms with Crippen molar-refractivity contribution in [2.45, 2.75) is 0 Å². The minimum atomic E-state index is -0.00293. The van der Waals surface area contributed by atoms with E-state index in [1.165, 1.54) is 0 Å². The summed E-state index contributed by atoms with van der Waals surface area (Å²) in [5.74, 6) is 0. The standard InChI is InChI=1S/C9H10N2O2/c12-5-6-13-9-10-7-3-1-2-4-8(7)11-9/h1-4,12H,5-6H2,(H,10,11). The first-order chi connectivity index (χ1) is 6.40. The molecule has 2 N–H and O–H groups in total. The zero-order valence-corrected chi connectivity index (χ0v) is 7.03. The van der Waals surface area contributed by atoms with E-state index in [9.17, 15) is 0 Å². The molecule has 4 nitrogen and oxygen atoms in total. The van der Waals surface area contributed by atoms with Gasteiger partial charge in [-0.3, -0.25) is 0 Å². The average molecular weight is 178 g/mol. The van der Waals surface area contributed by atoms with Crippen molar-refractivity contribution in [2.24, 2.45) is 0 Å². The van der Waals surface area contributed by atoms with Gasteiger partial charge in [0.25, 0.3) is 6.01 Å². The lowest BCUT2D eigenvalue weighted by molar-refractivity contribution is 0.193. The number of hydrogen-bond donors (Lipinski definition) is 2. The predicted octanol–water partition coefficient (Wildman–Crippen LogP) is 0.934. The Morgan fingerprint density at radius 1 is 1.38 bits per heavy atom. The first-order valence-electron chi connectivity index (χ1n) is 4.08. The average Bonchev–Trinajstić information content (AvgIpc) is 2.57. The fourth-order valence-corrected chi connectivity index (χ4v) is 1.14. The molecule has 0 saturated carbocycles. The molecule has 0 saturated heterocycles. The Labute approximate surface area is 75.2 Å². The highest BCUT2D eigenvalue weighted by atomic mass is 16.5. The lowest BCUT2D eigenvalue weighted by Crippen LogP contribution is -2.02. The summed E-state index contributed by atoms with van der Waals surface area (Å²) in [5.41, 5.74) is 1.81. The van der Waals surface area contributed by atoms with Crippen LogP contribution in [-0.2, 0) is 0 Å². The number of rotatable bonds is 3. The molecule has 1 aromatic carbocycles. The van der Waals surface area contributed by atoms with Gasteiger partial charge in [0, 0.05) is 0 Å². The Balaban J connectivity index is 2.28. The van der Waals surface area contributed by atoms with Crippen molar-refractivity contribution in [3.63, 3.8) is 0 Å². The molecule has 68 valence electrons. The molecule has 0 spiro atoms. The second-order valence-electron chi connectivity index (χ2n) is 2.63. The molecule has 0 atom stereocenters. The lowest BCUT2D eigenvalue weighted by Gasteiger charge is -1.96. The van der Waals surface area contributed by atoms with Gasteiger partial charge in [0.05, 0.1) is 17.6 Å². The van der Waals surface area contributed by atoms with E-state index in [4.69, 9.17) is 9.84 Å². The van der Waals surface area contributed by atoms with Crippen molar-refractivity contribution >= 4 is 11.0 Å². The van der Waals surface area contributed by atoms with Crippen LogP contribution in [0.4, 0.5) is 0 Å². The monoisotopic (exact) mass is 178 g/mol. The maximum atomic E-state index is 8.54. The van der Waals surface area contributed by atoms with Gasteiger partial charge in [-0.25, -0.2) is 0 Å². The number of benzene rings is 1. The van der Waals surface area contributed by atoms with Crippen LogP contribution in [-0.4, -0.2) is 28.3 Å². The van der Waals surface area contributed by atoms with Crippen LogP contribution in [0.1, 0.15) is 0 Å². The molecule has 2 rings (SSSR count). The topological polar surface area (TPSA) is 58.1 Å². The van der Waals surface area contributed by atoms with E-state index in [0.717, 1.165) is 11.0 Å². The number of nitrogens with zero attached hydrogens (tertiary/aromatic N) is 1. The van der Waals surface area contributed by atoms with E-state index in [1.807, 2.05) is 24.3 Å². The third kappa shape index (κ3) is 1.62. The number of H-pyrrole nitrogens is 1. The Hall–Kier alpha value is -1.55. The third-order valence-corrected chi connectivity index (χ3v) is 1.70. The zero-order valence-electron chi connectivity index (χ0n) is 7.03. The number of ether oxygens (including phenoxy) is 1. The molecular formula is C9H10N2O2. The van der Waals surface area contributed by atoms with Crippen molar-refractivity contribution in [2.75, 3.05) is 13.2 Å². The molecule has 0 radical (unpaired) electrons. The number of aromatic amines is 1. The summed E-state index contributed by atoms with van der Waals surface area (Å²) in [7, 11) is 0. The molecule has 0 unspecified atom stereocenters. The summed E-state index contributed by atoms with van der Waals surface area (Å²) in [6.45, 7) is 0.261. The Morgan fingerprint density at radius 3 is 3.00 bits per heavy atom. The zero-order chi connectivity index (χ0) is 9.10. The summed E-state index contributed by atoms with van der Waals surface area (Å²) < 4.78 is 5.12. The third-order valence-electron chi connectivity index (χ3n) is 1.70. The molecule has 0 aliphatic rings. The maximum absolute atomic E-state index is 8.54. The fraction of sp³-hybridized carbons (Fsp3) is 0.222. The molecule has 13 heavy (non-hydrogen) atoms. The predicted molar refractivity (Wildman–Crippen MR) is 48.7 cm³/mol. The van der Waals surface area contributed by atoms with Crippen LogP contribution in [0.2, 0.25) is 0 Å². The van der Waals surface area contributed by atoms with Gasteiger partial charge >= 0.3 is 0 Å². The highest BCUT2D eigenvalue weighted by Crippen LogP contribution is 2.14. The number of fused-ring (bicyclic) bond motifs is 1. The van der Waals surface area contributed by atoms with Gasteiger partial charge in [-0.1, -0.05) is 12.1 Å². The van der Waals surface area contributed by atoms with Gasteiger partial charge < -0.3 is 14.8 Å². The van der Waals surface area contributed by atoms with Crippen molar-refractivity contribution in [3.8, 4) is 6.01 Å². The van der Waals surface area contributed by atoms with Crippen LogP contribution in [0.5, 0.6) is 6.01 Å². The first kappa shape index (κ1) is 8.07. The van der Waals surface area contributed by atoms with E-state index in [1.54, 1.807) is 0 Å². The summed E-state index contributed by atoms with van der Waals surface area (Å²) >= 11 is 0. The van der Waals surface area contributed by atoms with Crippen molar-refractivity contribution < 1.29 is 9.84 Å². The molecule has 2 aromatic rings. The molecular weight excluding hydrogens is 168 g/mol. The first-order valence-corrected chi connectivity index (χ1v) is 4.08. The van der Waals surface area contributed by atoms with E-state index in [0.29, 0.717) is 6.01 Å². The van der Waals surface area contributed by atoms with Gasteiger partial charge in [0.1, 0.15) is 6.61 Å². The van der Waals surface area contributed by atoms with E-state index < -0.39 is 0 Å². The largest absolute Gasteiger partial charge is 0.462 e. The van der Waals surface area contributed by atoms with Crippen LogP contribution in [0, 0.1) is 0 Å². The number of hydrogen-bond acceptors (Lipinski definition) is 3. The van der Waals surface area contributed by atoms with E-state index in [-0.39, 0.29) is 13.2 Å². The van der Waals surface area contributed by atoms with Crippen molar-refractivity contribution in [1.29, 1.82) is 0 Å². The van der Waals surface area contributed by atoms with Gasteiger partial charge in [-0.2, -0.15) is 4.98 Å². The van der Waals surface area contributed by atoms with Crippen molar-refractivity contribution in [3.05, 3.63) is 24.3 Å². The van der Waals surface area contributed by atoms with Crippen LogP contribution in [0.3, 0.4) is 0 Å². The van der Waals surface area contributed by atoms with Crippen molar-refractivity contribution in [1.82, 2.24) is 9.97 Å². The molecule has 4 heteroatoms. The second kappa shape index (κ2) is 3.45. The molecule has 0 aliphatic heterocycles. The summed E-state index contributed by atoms with van der Waals surface area (Å²) in [6, 6.07) is 8.12. The van der Waals surface area contributed by atoms with Crippen LogP contribution < -0.4 is 4.74 Å². The Kier molecular flexibility index (Phi) is 2.14. The minimum Gasteiger partial charge on any atom is -0.462 e. The van der Waals surface area contributed by atoms with Gasteiger partial charge in [-0.15, -0.1) is 0 Å². The Morgan fingerprint density at radius 2 is 2.23 bits per heavy atom. The minimum absolute atomic E-state index is 0.00293. The van der Waals surface area contributed by atoms with Crippen LogP contribution >= 0.6 is 0 Å². The summed E-state index contributed by atoms with van der Waals surface area (Å²) in [5, 5.41) is 8.54. The van der Waals surface area contributed by atoms with Gasteiger partial charge in [-0.05, 0) is 12.1 Å².